The van der Waals surface area contributed by atoms with Crippen molar-refractivity contribution in [2.75, 3.05) is 26.4 Å². The van der Waals surface area contributed by atoms with Crippen molar-refractivity contribution in [1.29, 1.82) is 0 Å². The van der Waals surface area contributed by atoms with Gasteiger partial charge in [-0.2, -0.15) is 0 Å². The molecule has 0 atom stereocenters. The van der Waals surface area contributed by atoms with Gasteiger partial charge in [0.15, 0.2) is 0 Å². The molecule has 0 aliphatic rings. The smallest absolute Gasteiger partial charge is 0.466 e. The van der Waals surface area contributed by atoms with E-state index in [-0.39, 0.29) is 25.2 Å². The van der Waals surface area contributed by atoms with Gasteiger partial charge in [0.25, 0.3) is 0 Å². The van der Waals surface area contributed by atoms with E-state index in [0.717, 1.165) is 51.4 Å². The molecule has 27 heavy (non-hydrogen) atoms. The Morgan fingerprint density at radius 2 is 0.926 bits per heavy atom. The highest BCUT2D eigenvalue weighted by Gasteiger charge is 2.19. The first-order chi connectivity index (χ1) is 12.8. The van der Waals surface area contributed by atoms with E-state index in [1.807, 2.05) is 0 Å². The standard InChI is InChI=1S/C18H35O8P/c1-17(19)23-13-9-5-3-7-11-15-25-27(21,22)26-16-12-8-4-6-10-14-24-18(2)20/h3-16H2,1-2H3,(H,21,22). The van der Waals surface area contributed by atoms with Crippen molar-refractivity contribution >= 4 is 19.8 Å². The maximum atomic E-state index is 11.7. The minimum atomic E-state index is -3.96. The van der Waals surface area contributed by atoms with E-state index in [9.17, 15) is 19.0 Å². The Bertz CT molecular complexity index is 405. The van der Waals surface area contributed by atoms with Gasteiger partial charge in [0.05, 0.1) is 26.4 Å². The zero-order valence-corrected chi connectivity index (χ0v) is 17.5. The van der Waals surface area contributed by atoms with Gasteiger partial charge in [-0.3, -0.25) is 18.6 Å². The Kier molecular flexibility index (Phi) is 16.6. The summed E-state index contributed by atoms with van der Waals surface area (Å²) in [5, 5.41) is 0. The summed E-state index contributed by atoms with van der Waals surface area (Å²) >= 11 is 0. The first-order valence-corrected chi connectivity index (χ1v) is 11.2. The van der Waals surface area contributed by atoms with Gasteiger partial charge in [-0.15, -0.1) is 0 Å². The van der Waals surface area contributed by atoms with Gasteiger partial charge in [-0.25, -0.2) is 4.57 Å². The predicted octanol–water partition coefficient (Wildman–Crippen LogP) is 4.15. The molecule has 0 aliphatic heterocycles. The number of esters is 2. The molecule has 160 valence electrons. The molecule has 0 rings (SSSR count). The summed E-state index contributed by atoms with van der Waals surface area (Å²) in [6.45, 7) is 4.04. The van der Waals surface area contributed by atoms with Crippen molar-refractivity contribution in [3.8, 4) is 0 Å². The van der Waals surface area contributed by atoms with Gasteiger partial charge in [-0.1, -0.05) is 38.5 Å². The van der Waals surface area contributed by atoms with Crippen LogP contribution in [-0.2, 0) is 32.7 Å². The minimum absolute atomic E-state index is 0.188. The Hall–Kier alpha value is -0.950. The van der Waals surface area contributed by atoms with Crippen molar-refractivity contribution in [3.63, 3.8) is 0 Å². The zero-order valence-electron chi connectivity index (χ0n) is 16.7. The lowest BCUT2D eigenvalue weighted by molar-refractivity contribution is -0.142. The van der Waals surface area contributed by atoms with E-state index in [2.05, 4.69) is 0 Å². The quantitative estimate of drug-likeness (QED) is 0.204. The molecule has 0 radical (unpaired) electrons. The van der Waals surface area contributed by atoms with Crippen LogP contribution in [-0.4, -0.2) is 43.3 Å². The van der Waals surface area contributed by atoms with Crippen molar-refractivity contribution in [1.82, 2.24) is 0 Å². The van der Waals surface area contributed by atoms with Gasteiger partial charge in [0.1, 0.15) is 0 Å². The number of rotatable bonds is 18. The summed E-state index contributed by atoms with van der Waals surface area (Å²) in [7, 11) is -3.96. The highest BCUT2D eigenvalue weighted by atomic mass is 31.2. The second kappa shape index (κ2) is 17.2. The Labute approximate surface area is 162 Å². The SMILES string of the molecule is CC(=O)OCCCCCCCOP(=O)(O)OCCCCCCCOC(C)=O. The maximum absolute atomic E-state index is 11.7. The van der Waals surface area contributed by atoms with Gasteiger partial charge in [-0.05, 0) is 25.7 Å². The number of ether oxygens (including phenoxy) is 2. The van der Waals surface area contributed by atoms with Crippen LogP contribution < -0.4 is 0 Å². The normalized spacial score (nSPS) is 11.4. The minimum Gasteiger partial charge on any atom is -0.466 e. The Morgan fingerprint density at radius 3 is 1.26 bits per heavy atom. The molecule has 0 saturated heterocycles. The zero-order chi connectivity index (χ0) is 20.4. The first-order valence-electron chi connectivity index (χ1n) is 9.72. The van der Waals surface area contributed by atoms with Crippen LogP contribution in [0.1, 0.15) is 78.1 Å². The summed E-state index contributed by atoms with van der Waals surface area (Å²) in [5.41, 5.74) is 0. The number of phosphoric ester groups is 1. The van der Waals surface area contributed by atoms with Gasteiger partial charge in [0.2, 0.25) is 0 Å². The Balaban J connectivity index is 3.39. The van der Waals surface area contributed by atoms with Crippen LogP contribution in [0.3, 0.4) is 0 Å². The summed E-state index contributed by atoms with van der Waals surface area (Å²) in [6, 6.07) is 0. The molecule has 0 fully saturated rings. The monoisotopic (exact) mass is 410 g/mol. The van der Waals surface area contributed by atoms with Crippen LogP contribution in [0.5, 0.6) is 0 Å². The van der Waals surface area contributed by atoms with Crippen LogP contribution >= 0.6 is 7.82 Å². The van der Waals surface area contributed by atoms with Gasteiger partial charge >= 0.3 is 19.8 Å². The number of unbranched alkanes of at least 4 members (excludes halogenated alkanes) is 8. The molecule has 0 saturated carbocycles. The van der Waals surface area contributed by atoms with E-state index < -0.39 is 7.82 Å². The molecule has 0 heterocycles. The molecule has 0 aliphatic carbocycles. The van der Waals surface area contributed by atoms with E-state index in [1.165, 1.54) is 13.8 Å². The summed E-state index contributed by atoms with van der Waals surface area (Å²) in [6.07, 6.45) is 8.59. The number of phosphoric acid groups is 1. The molecular weight excluding hydrogens is 375 g/mol. The van der Waals surface area contributed by atoms with Crippen LogP contribution in [0.15, 0.2) is 0 Å². The second-order valence-electron chi connectivity index (χ2n) is 6.35. The summed E-state index contributed by atoms with van der Waals surface area (Å²) in [4.78, 5) is 30.7. The lowest BCUT2D eigenvalue weighted by atomic mass is 10.1. The second-order valence-corrected chi connectivity index (χ2v) is 7.80. The number of hydrogen-bond acceptors (Lipinski definition) is 7. The highest BCUT2D eigenvalue weighted by molar-refractivity contribution is 7.47. The molecule has 1 N–H and O–H groups in total. The number of carbonyl (C=O) groups excluding carboxylic acids is 2. The molecule has 9 heteroatoms. The average molecular weight is 410 g/mol. The van der Waals surface area contributed by atoms with Crippen LogP contribution in [0.2, 0.25) is 0 Å². The molecule has 8 nitrogen and oxygen atoms in total. The summed E-state index contributed by atoms with van der Waals surface area (Å²) < 4.78 is 31.3. The van der Waals surface area contributed by atoms with Gasteiger partial charge < -0.3 is 14.4 Å². The Morgan fingerprint density at radius 1 is 0.630 bits per heavy atom. The van der Waals surface area contributed by atoms with Crippen molar-refractivity contribution in [3.05, 3.63) is 0 Å². The topological polar surface area (TPSA) is 108 Å². The average Bonchev–Trinajstić information content (AvgIpc) is 2.58. The lowest BCUT2D eigenvalue weighted by Crippen LogP contribution is -2.01. The highest BCUT2D eigenvalue weighted by Crippen LogP contribution is 2.43. The van der Waals surface area contributed by atoms with Gasteiger partial charge in [0, 0.05) is 13.8 Å². The number of carbonyl (C=O) groups is 2. The molecule has 0 amide bonds. The fourth-order valence-electron chi connectivity index (χ4n) is 2.30. The van der Waals surface area contributed by atoms with Crippen molar-refractivity contribution in [2.24, 2.45) is 0 Å². The third kappa shape index (κ3) is 21.2. The van der Waals surface area contributed by atoms with Crippen molar-refractivity contribution in [2.45, 2.75) is 78.1 Å². The largest absolute Gasteiger partial charge is 0.472 e. The van der Waals surface area contributed by atoms with Crippen LogP contribution in [0.4, 0.5) is 0 Å². The van der Waals surface area contributed by atoms with E-state index >= 15 is 0 Å². The van der Waals surface area contributed by atoms with E-state index in [0.29, 0.717) is 26.1 Å². The maximum Gasteiger partial charge on any atom is 0.472 e. The molecule has 0 aromatic rings. The van der Waals surface area contributed by atoms with E-state index in [4.69, 9.17) is 18.5 Å². The van der Waals surface area contributed by atoms with Crippen LogP contribution in [0, 0.1) is 0 Å². The lowest BCUT2D eigenvalue weighted by Gasteiger charge is -2.12. The van der Waals surface area contributed by atoms with Crippen LogP contribution in [0.25, 0.3) is 0 Å². The fraction of sp³-hybridized carbons (Fsp3) is 0.889. The third-order valence-corrected chi connectivity index (χ3v) is 4.71. The molecule has 0 bridgehead atoms. The molecular formula is C18H35O8P. The third-order valence-electron chi connectivity index (χ3n) is 3.70. The first kappa shape index (κ1) is 26.1. The molecule has 0 spiro atoms. The predicted molar refractivity (Wildman–Crippen MR) is 101 cm³/mol. The summed E-state index contributed by atoms with van der Waals surface area (Å²) in [5.74, 6) is -0.525. The van der Waals surface area contributed by atoms with E-state index in [1.54, 1.807) is 0 Å². The van der Waals surface area contributed by atoms with Crippen molar-refractivity contribution < 1.29 is 37.6 Å². The number of hydrogen-bond donors (Lipinski definition) is 1. The molecule has 0 unspecified atom stereocenters. The molecule has 0 aromatic heterocycles. The fourth-order valence-corrected chi connectivity index (χ4v) is 3.09. The molecule has 0 aromatic carbocycles.